The number of likely N-dealkylation sites (tertiary alicyclic amines) is 1. The second-order valence-electron chi connectivity index (χ2n) is 5.49. The normalized spacial score (nSPS) is 20.4. The lowest BCUT2D eigenvalue weighted by atomic mass is 10.0. The highest BCUT2D eigenvalue weighted by atomic mass is 19.1. The van der Waals surface area contributed by atoms with E-state index in [9.17, 15) is 13.6 Å². The first kappa shape index (κ1) is 15.1. The molecule has 0 N–H and O–H groups in total. The van der Waals surface area contributed by atoms with Crippen LogP contribution in [0, 0.1) is 11.6 Å². The lowest BCUT2D eigenvalue weighted by Gasteiger charge is -2.35. The Hall–Kier alpha value is -1.33. The minimum absolute atomic E-state index is 0.0381. The van der Waals surface area contributed by atoms with Crippen LogP contribution in [0.15, 0.2) is 18.2 Å². The molecule has 1 heterocycles. The average molecular weight is 282 g/mol. The van der Waals surface area contributed by atoms with E-state index in [1.807, 2.05) is 19.0 Å². The maximum absolute atomic E-state index is 13.6. The van der Waals surface area contributed by atoms with Crippen molar-refractivity contribution < 1.29 is 13.6 Å². The summed E-state index contributed by atoms with van der Waals surface area (Å²) in [4.78, 5) is 16.2. The minimum Gasteiger partial charge on any atom is -0.305 e. The molecule has 1 aromatic carbocycles. The molecule has 1 aromatic rings. The largest absolute Gasteiger partial charge is 0.305 e. The van der Waals surface area contributed by atoms with Gasteiger partial charge in [0.05, 0.1) is 12.1 Å². The van der Waals surface area contributed by atoms with E-state index < -0.39 is 23.0 Å². The molecular formula is C15H20F2N2O. The van der Waals surface area contributed by atoms with Crippen LogP contribution in [0.25, 0.3) is 0 Å². The Bertz CT molecular complexity index is 473. The number of hydrogen-bond donors (Lipinski definition) is 0. The summed E-state index contributed by atoms with van der Waals surface area (Å²) in [6.07, 6.45) is 2.08. The Labute approximate surface area is 118 Å². The molecule has 1 saturated heterocycles. The third-order valence-electron chi connectivity index (χ3n) is 3.86. The van der Waals surface area contributed by atoms with Gasteiger partial charge in [-0.25, -0.2) is 8.78 Å². The highest BCUT2D eigenvalue weighted by Crippen LogP contribution is 2.16. The van der Waals surface area contributed by atoms with Gasteiger partial charge in [-0.1, -0.05) is 6.07 Å². The molecule has 3 nitrogen and oxygen atoms in total. The fraction of sp³-hybridized carbons (Fsp3) is 0.533. The van der Waals surface area contributed by atoms with Crippen molar-refractivity contribution in [2.75, 3.05) is 33.7 Å². The summed E-state index contributed by atoms with van der Waals surface area (Å²) in [6.45, 7) is 1.97. The Morgan fingerprint density at radius 2 is 2.05 bits per heavy atom. The van der Waals surface area contributed by atoms with Crippen LogP contribution < -0.4 is 0 Å². The van der Waals surface area contributed by atoms with Gasteiger partial charge in [-0.05, 0) is 45.6 Å². The number of rotatable bonds is 4. The molecule has 0 radical (unpaired) electrons. The number of likely N-dealkylation sites (N-methyl/N-ethyl adjacent to an activating group) is 2. The molecule has 1 unspecified atom stereocenters. The van der Waals surface area contributed by atoms with E-state index in [0.29, 0.717) is 0 Å². The molecule has 0 aromatic heterocycles. The quantitative estimate of drug-likeness (QED) is 0.791. The molecule has 0 spiro atoms. The average Bonchev–Trinajstić information content (AvgIpc) is 2.38. The second-order valence-corrected chi connectivity index (χ2v) is 5.49. The molecule has 110 valence electrons. The Balaban J connectivity index is 2.04. The first-order valence-electron chi connectivity index (χ1n) is 6.85. The van der Waals surface area contributed by atoms with E-state index in [-0.39, 0.29) is 12.6 Å². The van der Waals surface area contributed by atoms with Crippen molar-refractivity contribution in [1.29, 1.82) is 0 Å². The van der Waals surface area contributed by atoms with Gasteiger partial charge in [-0.3, -0.25) is 9.69 Å². The van der Waals surface area contributed by atoms with Crippen molar-refractivity contribution in [3.63, 3.8) is 0 Å². The summed E-state index contributed by atoms with van der Waals surface area (Å²) in [5.41, 5.74) is -0.427. The number of carbonyl (C=O) groups excluding carboxylic acids is 1. The minimum atomic E-state index is -0.788. The molecule has 1 atom stereocenters. The van der Waals surface area contributed by atoms with E-state index in [0.717, 1.165) is 38.1 Å². The molecule has 2 rings (SSSR count). The Kier molecular flexibility index (Phi) is 4.83. The van der Waals surface area contributed by atoms with Gasteiger partial charge in [0.15, 0.2) is 5.78 Å². The number of benzene rings is 1. The van der Waals surface area contributed by atoms with Gasteiger partial charge >= 0.3 is 0 Å². The van der Waals surface area contributed by atoms with Crippen LogP contribution in [-0.4, -0.2) is 55.4 Å². The first-order valence-corrected chi connectivity index (χ1v) is 6.85. The maximum atomic E-state index is 13.6. The molecule has 1 aliphatic heterocycles. The standard InChI is InChI=1S/C15H20F2N2O/c1-18-8-4-5-11(9-18)19(2)10-14(20)15-12(16)6-3-7-13(15)17/h3,6-7,11H,4-5,8-10H2,1-2H3. The zero-order chi connectivity index (χ0) is 14.7. The third-order valence-corrected chi connectivity index (χ3v) is 3.86. The van der Waals surface area contributed by atoms with E-state index in [1.54, 1.807) is 0 Å². The van der Waals surface area contributed by atoms with Gasteiger partial charge in [0, 0.05) is 12.6 Å². The van der Waals surface area contributed by atoms with Gasteiger partial charge in [0.25, 0.3) is 0 Å². The number of nitrogens with zero attached hydrogens (tertiary/aromatic N) is 2. The highest BCUT2D eigenvalue weighted by Gasteiger charge is 2.25. The van der Waals surface area contributed by atoms with E-state index in [4.69, 9.17) is 0 Å². The van der Waals surface area contributed by atoms with Gasteiger partial charge in [0.2, 0.25) is 0 Å². The predicted molar refractivity (Wildman–Crippen MR) is 73.8 cm³/mol. The molecule has 1 aliphatic rings. The first-order chi connectivity index (χ1) is 9.49. The number of hydrogen-bond acceptors (Lipinski definition) is 3. The summed E-state index contributed by atoms with van der Waals surface area (Å²) in [5.74, 6) is -2.08. The fourth-order valence-corrected chi connectivity index (χ4v) is 2.70. The molecule has 0 aliphatic carbocycles. The van der Waals surface area contributed by atoms with Crippen LogP contribution in [0.2, 0.25) is 0 Å². The van der Waals surface area contributed by atoms with Crippen LogP contribution in [0.3, 0.4) is 0 Å². The second kappa shape index (κ2) is 6.41. The van der Waals surface area contributed by atoms with Crippen molar-refractivity contribution in [2.24, 2.45) is 0 Å². The zero-order valence-electron chi connectivity index (χ0n) is 11.9. The molecular weight excluding hydrogens is 262 g/mol. The van der Waals surface area contributed by atoms with E-state index >= 15 is 0 Å². The van der Waals surface area contributed by atoms with Crippen molar-refractivity contribution in [1.82, 2.24) is 9.80 Å². The molecule has 5 heteroatoms. The molecule has 0 saturated carbocycles. The van der Waals surface area contributed by atoms with Crippen molar-refractivity contribution >= 4 is 5.78 Å². The molecule has 0 bridgehead atoms. The Morgan fingerprint density at radius 3 is 2.65 bits per heavy atom. The van der Waals surface area contributed by atoms with Crippen molar-refractivity contribution in [2.45, 2.75) is 18.9 Å². The van der Waals surface area contributed by atoms with Crippen LogP contribution in [0.4, 0.5) is 8.78 Å². The van der Waals surface area contributed by atoms with Crippen molar-refractivity contribution in [3.05, 3.63) is 35.4 Å². The predicted octanol–water partition coefficient (Wildman–Crippen LogP) is 2.17. The van der Waals surface area contributed by atoms with Crippen LogP contribution in [-0.2, 0) is 0 Å². The lowest BCUT2D eigenvalue weighted by Crippen LogP contribution is -2.46. The van der Waals surface area contributed by atoms with Gasteiger partial charge in [-0.15, -0.1) is 0 Å². The van der Waals surface area contributed by atoms with Gasteiger partial charge < -0.3 is 4.90 Å². The third kappa shape index (κ3) is 3.41. The zero-order valence-corrected chi connectivity index (χ0v) is 11.9. The maximum Gasteiger partial charge on any atom is 0.182 e. The lowest BCUT2D eigenvalue weighted by molar-refractivity contribution is 0.0850. The number of ketones is 1. The monoisotopic (exact) mass is 282 g/mol. The summed E-state index contributed by atoms with van der Waals surface area (Å²) in [5, 5.41) is 0. The molecule has 0 amide bonds. The summed E-state index contributed by atoms with van der Waals surface area (Å²) >= 11 is 0. The SMILES string of the molecule is CN1CCCC(N(C)CC(=O)c2c(F)cccc2F)C1. The van der Waals surface area contributed by atoms with Gasteiger partial charge in [-0.2, -0.15) is 0 Å². The Morgan fingerprint density at radius 1 is 1.40 bits per heavy atom. The van der Waals surface area contributed by atoms with E-state index in [1.165, 1.54) is 6.07 Å². The van der Waals surface area contributed by atoms with Crippen LogP contribution >= 0.6 is 0 Å². The van der Waals surface area contributed by atoms with Crippen molar-refractivity contribution in [3.8, 4) is 0 Å². The number of Topliss-reactive ketones (excluding diaryl/α,β-unsaturated/α-hetero) is 1. The topological polar surface area (TPSA) is 23.6 Å². The molecule has 20 heavy (non-hydrogen) atoms. The smallest absolute Gasteiger partial charge is 0.182 e. The highest BCUT2D eigenvalue weighted by molar-refractivity contribution is 5.98. The number of halogens is 2. The molecule has 1 fully saturated rings. The van der Waals surface area contributed by atoms with E-state index in [2.05, 4.69) is 4.90 Å². The van der Waals surface area contributed by atoms with Crippen LogP contribution in [0.1, 0.15) is 23.2 Å². The summed E-state index contributed by atoms with van der Waals surface area (Å²) in [6, 6.07) is 3.75. The number of carbonyl (C=O) groups is 1. The number of piperidine rings is 1. The van der Waals surface area contributed by atoms with Crippen LogP contribution in [0.5, 0.6) is 0 Å². The fourth-order valence-electron chi connectivity index (χ4n) is 2.70. The summed E-state index contributed by atoms with van der Waals surface area (Å²) < 4.78 is 27.1. The summed E-state index contributed by atoms with van der Waals surface area (Å²) in [7, 11) is 3.87. The van der Waals surface area contributed by atoms with Gasteiger partial charge in [0.1, 0.15) is 11.6 Å².